The van der Waals surface area contributed by atoms with Crippen LogP contribution < -0.4 is 10.6 Å². The molecular weight excluding hydrogens is 332 g/mol. The Kier molecular flexibility index (Phi) is 4.23. The number of rotatable bonds is 2. The summed E-state index contributed by atoms with van der Waals surface area (Å²) in [6.07, 6.45) is 1.83. The predicted molar refractivity (Wildman–Crippen MR) is 87.4 cm³/mol. The number of piperidine rings is 1. The zero-order chi connectivity index (χ0) is 16.0. The summed E-state index contributed by atoms with van der Waals surface area (Å²) >= 11 is 3.45. The van der Waals surface area contributed by atoms with Gasteiger partial charge in [0.05, 0.1) is 10.2 Å². The number of halogens is 1. The fourth-order valence-corrected chi connectivity index (χ4v) is 4.07. The second kappa shape index (κ2) is 5.39. The fraction of sp³-hybridized carbons (Fsp3) is 0.733. The van der Waals surface area contributed by atoms with Gasteiger partial charge in [0.2, 0.25) is 0 Å². The van der Waals surface area contributed by atoms with Gasteiger partial charge in [-0.05, 0) is 63.4 Å². The Morgan fingerprint density at radius 3 is 2.29 bits per heavy atom. The normalized spacial score (nSPS) is 21.3. The van der Waals surface area contributed by atoms with E-state index in [1.807, 2.05) is 6.92 Å². The van der Waals surface area contributed by atoms with Crippen molar-refractivity contribution in [2.45, 2.75) is 64.6 Å². The average molecular weight is 357 g/mol. The molecule has 1 fully saturated rings. The number of hydrogen-bond donors (Lipinski definition) is 2. The van der Waals surface area contributed by atoms with Crippen molar-refractivity contribution < 1.29 is 4.79 Å². The second-order valence-electron chi connectivity index (χ2n) is 7.34. The summed E-state index contributed by atoms with van der Waals surface area (Å²) in [5, 5.41) is 11.1. The molecule has 21 heavy (non-hydrogen) atoms. The van der Waals surface area contributed by atoms with Gasteiger partial charge in [-0.3, -0.25) is 9.48 Å². The maximum atomic E-state index is 12.6. The molecule has 0 aliphatic carbocycles. The molecule has 1 saturated heterocycles. The van der Waals surface area contributed by atoms with Gasteiger partial charge in [-0.1, -0.05) is 0 Å². The Balaban J connectivity index is 2.16. The zero-order valence-electron chi connectivity index (χ0n) is 13.7. The standard InChI is InChI=1S/C15H25BrN4O/c1-9-11(16)12(20(6)18-9)13(21)17-10-7-14(2,3)19-15(4,5)8-10/h10,19H,7-8H2,1-6H3,(H,17,21). The zero-order valence-corrected chi connectivity index (χ0v) is 15.3. The molecule has 0 aromatic carbocycles. The summed E-state index contributed by atoms with van der Waals surface area (Å²) in [5.74, 6) is -0.0662. The van der Waals surface area contributed by atoms with Crippen molar-refractivity contribution in [3.05, 3.63) is 15.9 Å². The van der Waals surface area contributed by atoms with E-state index in [1.165, 1.54) is 0 Å². The first-order valence-electron chi connectivity index (χ1n) is 7.30. The third kappa shape index (κ3) is 3.66. The van der Waals surface area contributed by atoms with Crippen LogP contribution in [-0.2, 0) is 7.05 Å². The molecule has 0 bridgehead atoms. The molecule has 118 valence electrons. The Labute approximate surface area is 135 Å². The number of nitrogens with zero attached hydrogens (tertiary/aromatic N) is 2. The van der Waals surface area contributed by atoms with Crippen molar-refractivity contribution in [3.63, 3.8) is 0 Å². The minimum atomic E-state index is -0.0662. The highest BCUT2D eigenvalue weighted by atomic mass is 79.9. The molecule has 6 heteroatoms. The molecule has 0 atom stereocenters. The van der Waals surface area contributed by atoms with Crippen LogP contribution in [0.2, 0.25) is 0 Å². The molecule has 1 aliphatic heterocycles. The maximum absolute atomic E-state index is 12.6. The first-order chi connectivity index (χ1) is 9.51. The van der Waals surface area contributed by atoms with Gasteiger partial charge in [0.1, 0.15) is 5.69 Å². The van der Waals surface area contributed by atoms with E-state index < -0.39 is 0 Å². The van der Waals surface area contributed by atoms with E-state index in [2.05, 4.69) is 59.4 Å². The van der Waals surface area contributed by atoms with Crippen molar-refractivity contribution in [2.75, 3.05) is 0 Å². The highest BCUT2D eigenvalue weighted by molar-refractivity contribution is 9.10. The van der Waals surface area contributed by atoms with Crippen molar-refractivity contribution in [1.29, 1.82) is 0 Å². The number of nitrogens with one attached hydrogen (secondary N) is 2. The summed E-state index contributed by atoms with van der Waals surface area (Å²) in [4.78, 5) is 12.6. The number of carbonyl (C=O) groups is 1. The molecule has 5 nitrogen and oxygen atoms in total. The largest absolute Gasteiger partial charge is 0.348 e. The molecule has 0 saturated carbocycles. The van der Waals surface area contributed by atoms with Crippen LogP contribution >= 0.6 is 15.9 Å². The Bertz CT molecular complexity index is 546. The van der Waals surface area contributed by atoms with E-state index >= 15 is 0 Å². The number of aromatic nitrogens is 2. The smallest absolute Gasteiger partial charge is 0.270 e. The van der Waals surface area contributed by atoms with Gasteiger partial charge in [0.15, 0.2) is 0 Å². The molecule has 2 heterocycles. The van der Waals surface area contributed by atoms with E-state index in [4.69, 9.17) is 0 Å². The molecule has 1 aliphatic rings. The highest BCUT2D eigenvalue weighted by Gasteiger charge is 2.38. The van der Waals surface area contributed by atoms with E-state index in [-0.39, 0.29) is 23.0 Å². The van der Waals surface area contributed by atoms with E-state index in [9.17, 15) is 4.79 Å². The Morgan fingerprint density at radius 2 is 1.86 bits per heavy atom. The van der Waals surface area contributed by atoms with Crippen LogP contribution in [0, 0.1) is 6.92 Å². The van der Waals surface area contributed by atoms with Gasteiger partial charge in [-0.15, -0.1) is 0 Å². The van der Waals surface area contributed by atoms with Crippen LogP contribution in [0.25, 0.3) is 0 Å². The van der Waals surface area contributed by atoms with Crippen LogP contribution in [-0.4, -0.2) is 32.8 Å². The molecular formula is C15H25BrN4O. The lowest BCUT2D eigenvalue weighted by Gasteiger charge is -2.46. The van der Waals surface area contributed by atoms with Crippen LogP contribution in [0.4, 0.5) is 0 Å². The monoisotopic (exact) mass is 356 g/mol. The Morgan fingerprint density at radius 1 is 1.33 bits per heavy atom. The molecule has 1 aromatic rings. The number of carbonyl (C=O) groups excluding carboxylic acids is 1. The third-order valence-electron chi connectivity index (χ3n) is 3.89. The summed E-state index contributed by atoms with van der Waals surface area (Å²) in [6, 6.07) is 0.158. The fourth-order valence-electron chi connectivity index (χ4n) is 3.56. The van der Waals surface area contributed by atoms with Crippen LogP contribution in [0.1, 0.15) is 56.7 Å². The van der Waals surface area contributed by atoms with Crippen molar-refractivity contribution >= 4 is 21.8 Å². The van der Waals surface area contributed by atoms with E-state index in [0.717, 1.165) is 23.0 Å². The summed E-state index contributed by atoms with van der Waals surface area (Å²) in [7, 11) is 1.79. The minimum Gasteiger partial charge on any atom is -0.348 e. The molecule has 0 radical (unpaired) electrons. The third-order valence-corrected chi connectivity index (χ3v) is 4.84. The maximum Gasteiger partial charge on any atom is 0.270 e. The van der Waals surface area contributed by atoms with Crippen LogP contribution in [0.3, 0.4) is 0 Å². The van der Waals surface area contributed by atoms with Gasteiger partial charge >= 0.3 is 0 Å². The first kappa shape index (κ1) is 16.5. The van der Waals surface area contributed by atoms with Gasteiger partial charge in [-0.25, -0.2) is 0 Å². The minimum absolute atomic E-state index is 0.0132. The average Bonchev–Trinajstić information content (AvgIpc) is 2.47. The summed E-state index contributed by atoms with van der Waals surface area (Å²) < 4.78 is 2.40. The van der Waals surface area contributed by atoms with Gasteiger partial charge < -0.3 is 10.6 Å². The summed E-state index contributed by atoms with van der Waals surface area (Å²) in [6.45, 7) is 10.6. The molecule has 0 unspecified atom stereocenters. The lowest BCUT2D eigenvalue weighted by atomic mass is 9.79. The van der Waals surface area contributed by atoms with Crippen molar-refractivity contribution in [2.24, 2.45) is 7.05 Å². The molecule has 2 N–H and O–H groups in total. The van der Waals surface area contributed by atoms with Gasteiger partial charge in [0, 0.05) is 24.2 Å². The first-order valence-corrected chi connectivity index (χ1v) is 8.09. The van der Waals surface area contributed by atoms with Crippen LogP contribution in [0.15, 0.2) is 4.47 Å². The SMILES string of the molecule is Cc1nn(C)c(C(=O)NC2CC(C)(C)NC(C)(C)C2)c1Br. The lowest BCUT2D eigenvalue weighted by Crippen LogP contribution is -2.62. The topological polar surface area (TPSA) is 59.0 Å². The highest BCUT2D eigenvalue weighted by Crippen LogP contribution is 2.29. The number of hydrogen-bond acceptors (Lipinski definition) is 3. The lowest BCUT2D eigenvalue weighted by molar-refractivity contribution is 0.0863. The molecule has 1 amide bonds. The van der Waals surface area contributed by atoms with Gasteiger partial charge in [-0.2, -0.15) is 5.10 Å². The predicted octanol–water partition coefficient (Wildman–Crippen LogP) is 2.53. The van der Waals surface area contributed by atoms with Crippen molar-refractivity contribution in [3.8, 4) is 0 Å². The molecule has 1 aromatic heterocycles. The van der Waals surface area contributed by atoms with E-state index in [0.29, 0.717) is 5.69 Å². The number of aryl methyl sites for hydroxylation is 2. The molecule has 2 rings (SSSR count). The molecule has 0 spiro atoms. The Hall–Kier alpha value is -0.880. The van der Waals surface area contributed by atoms with Crippen LogP contribution in [0.5, 0.6) is 0 Å². The van der Waals surface area contributed by atoms with Gasteiger partial charge in [0.25, 0.3) is 5.91 Å². The summed E-state index contributed by atoms with van der Waals surface area (Å²) in [5.41, 5.74) is 1.44. The number of amides is 1. The van der Waals surface area contributed by atoms with Crippen molar-refractivity contribution in [1.82, 2.24) is 20.4 Å². The van der Waals surface area contributed by atoms with E-state index in [1.54, 1.807) is 11.7 Å². The second-order valence-corrected chi connectivity index (χ2v) is 8.14. The quantitative estimate of drug-likeness (QED) is 0.855.